The Morgan fingerprint density at radius 1 is 1.26 bits per heavy atom. The van der Waals surface area contributed by atoms with E-state index >= 15 is 0 Å². The van der Waals surface area contributed by atoms with Crippen LogP contribution in [-0.4, -0.2) is 25.2 Å². The third-order valence-electron chi connectivity index (χ3n) is 3.17. The van der Waals surface area contributed by atoms with Gasteiger partial charge in [-0.05, 0) is 6.42 Å². The molecule has 0 amide bonds. The first-order valence-corrected chi connectivity index (χ1v) is 6.46. The van der Waals surface area contributed by atoms with Crippen LogP contribution in [0.25, 0.3) is 11.2 Å². The van der Waals surface area contributed by atoms with Crippen molar-refractivity contribution in [1.82, 2.24) is 18.7 Å². The predicted octanol–water partition coefficient (Wildman–Crippen LogP) is -0.344. The average molecular weight is 265 g/mol. The highest BCUT2D eigenvalue weighted by Crippen LogP contribution is 2.05. The number of fused-ring (bicyclic) bond motifs is 1. The normalized spacial score (nSPS) is 11.3. The zero-order valence-corrected chi connectivity index (χ0v) is 11.3. The van der Waals surface area contributed by atoms with E-state index in [-0.39, 0.29) is 24.3 Å². The molecule has 2 aromatic rings. The number of hydrogen-bond donors (Lipinski definition) is 1. The lowest BCUT2D eigenvalue weighted by Gasteiger charge is -2.10. The van der Waals surface area contributed by atoms with Crippen molar-refractivity contribution in [2.24, 2.45) is 12.8 Å². The molecule has 0 aliphatic heterocycles. The van der Waals surface area contributed by atoms with Crippen LogP contribution >= 0.6 is 0 Å². The second kappa shape index (κ2) is 5.40. The fraction of sp³-hybridized carbons (Fsp3) is 0.583. The Morgan fingerprint density at radius 3 is 2.63 bits per heavy atom. The molecule has 7 nitrogen and oxygen atoms in total. The first-order valence-electron chi connectivity index (χ1n) is 6.46. The van der Waals surface area contributed by atoms with Crippen LogP contribution in [0.2, 0.25) is 0 Å². The minimum absolute atomic E-state index is 0.227. The summed E-state index contributed by atoms with van der Waals surface area (Å²) in [4.78, 5) is 28.8. The van der Waals surface area contributed by atoms with Gasteiger partial charge in [0.15, 0.2) is 11.2 Å². The molecule has 2 N–H and O–H groups in total. The van der Waals surface area contributed by atoms with Gasteiger partial charge in [-0.1, -0.05) is 13.3 Å². The third-order valence-corrected chi connectivity index (χ3v) is 3.17. The van der Waals surface area contributed by atoms with Gasteiger partial charge >= 0.3 is 5.69 Å². The minimum atomic E-state index is -0.324. The molecule has 0 unspecified atom stereocenters. The molecule has 0 bridgehead atoms. The van der Waals surface area contributed by atoms with Crippen molar-refractivity contribution in [3.63, 3.8) is 0 Å². The zero-order valence-electron chi connectivity index (χ0n) is 11.3. The van der Waals surface area contributed by atoms with Crippen LogP contribution < -0.4 is 17.0 Å². The quantitative estimate of drug-likeness (QED) is 0.800. The molecular weight excluding hydrogens is 246 g/mol. The average Bonchev–Trinajstić information content (AvgIpc) is 2.77. The summed E-state index contributed by atoms with van der Waals surface area (Å²) in [6, 6.07) is 0. The summed E-state index contributed by atoms with van der Waals surface area (Å²) in [5, 5.41) is 0. The summed E-state index contributed by atoms with van der Waals surface area (Å²) in [6.45, 7) is 3.10. The van der Waals surface area contributed by atoms with Crippen molar-refractivity contribution in [2.75, 3.05) is 6.54 Å². The van der Waals surface area contributed by atoms with Gasteiger partial charge in [0, 0.05) is 26.7 Å². The standard InChI is InChI=1S/C12H19N5O2/c1-3-4-6-16-10-9(15(2)8-14-10)11(18)17(7-5-13)12(16)19/h8H,3-7,13H2,1-2H3. The van der Waals surface area contributed by atoms with Gasteiger partial charge in [-0.2, -0.15) is 0 Å². The van der Waals surface area contributed by atoms with E-state index in [4.69, 9.17) is 5.73 Å². The van der Waals surface area contributed by atoms with Gasteiger partial charge < -0.3 is 10.3 Å². The second-order valence-electron chi connectivity index (χ2n) is 4.56. The summed E-state index contributed by atoms with van der Waals surface area (Å²) < 4.78 is 4.40. The molecule has 0 radical (unpaired) electrons. The highest BCUT2D eigenvalue weighted by molar-refractivity contribution is 5.69. The molecule has 19 heavy (non-hydrogen) atoms. The van der Waals surface area contributed by atoms with Gasteiger partial charge in [0.2, 0.25) is 0 Å². The first-order chi connectivity index (χ1) is 9.11. The summed E-state index contributed by atoms with van der Waals surface area (Å²) >= 11 is 0. The Labute approximate surface area is 110 Å². The fourth-order valence-corrected chi connectivity index (χ4v) is 2.16. The van der Waals surface area contributed by atoms with Crippen molar-refractivity contribution >= 4 is 11.2 Å². The van der Waals surface area contributed by atoms with E-state index in [1.54, 1.807) is 22.5 Å². The first kappa shape index (κ1) is 13.5. The maximum Gasteiger partial charge on any atom is 0.332 e. The highest BCUT2D eigenvalue weighted by atomic mass is 16.2. The maximum atomic E-state index is 12.3. The summed E-state index contributed by atoms with van der Waals surface area (Å²) in [7, 11) is 1.75. The van der Waals surface area contributed by atoms with Gasteiger partial charge in [-0.3, -0.25) is 13.9 Å². The van der Waals surface area contributed by atoms with Crippen LogP contribution in [0, 0.1) is 0 Å². The van der Waals surface area contributed by atoms with E-state index in [0.717, 1.165) is 12.8 Å². The number of aromatic nitrogens is 4. The number of rotatable bonds is 5. The molecule has 0 aliphatic carbocycles. The zero-order chi connectivity index (χ0) is 14.0. The molecular formula is C12H19N5O2. The van der Waals surface area contributed by atoms with Crippen LogP contribution in [0.1, 0.15) is 19.8 Å². The maximum absolute atomic E-state index is 12.3. The van der Waals surface area contributed by atoms with Crippen molar-refractivity contribution in [3.8, 4) is 0 Å². The largest absolute Gasteiger partial charge is 0.332 e. The Hall–Kier alpha value is -1.89. The number of aryl methyl sites for hydroxylation is 2. The summed E-state index contributed by atoms with van der Waals surface area (Å²) in [6.07, 6.45) is 3.39. The lowest BCUT2D eigenvalue weighted by atomic mass is 10.3. The van der Waals surface area contributed by atoms with Crippen molar-refractivity contribution < 1.29 is 0 Å². The van der Waals surface area contributed by atoms with Crippen LogP contribution in [-0.2, 0) is 20.1 Å². The fourth-order valence-electron chi connectivity index (χ4n) is 2.16. The van der Waals surface area contributed by atoms with Crippen LogP contribution in [0.4, 0.5) is 0 Å². The molecule has 104 valence electrons. The van der Waals surface area contributed by atoms with Gasteiger partial charge in [0.25, 0.3) is 5.56 Å². The second-order valence-corrected chi connectivity index (χ2v) is 4.56. The van der Waals surface area contributed by atoms with Gasteiger partial charge in [-0.25, -0.2) is 9.78 Å². The Kier molecular flexibility index (Phi) is 3.84. The van der Waals surface area contributed by atoms with Crippen molar-refractivity contribution in [2.45, 2.75) is 32.9 Å². The van der Waals surface area contributed by atoms with Crippen LogP contribution in [0.3, 0.4) is 0 Å². The Morgan fingerprint density at radius 2 is 2.00 bits per heavy atom. The number of unbranched alkanes of at least 4 members (excludes halogenated alkanes) is 1. The van der Waals surface area contributed by atoms with E-state index in [2.05, 4.69) is 11.9 Å². The van der Waals surface area contributed by atoms with Gasteiger partial charge in [0.05, 0.1) is 6.33 Å². The highest BCUT2D eigenvalue weighted by Gasteiger charge is 2.15. The SMILES string of the molecule is CCCCn1c(=O)n(CCN)c(=O)c2c1ncn2C. The smallest absolute Gasteiger partial charge is 0.329 e. The van der Waals surface area contributed by atoms with E-state index in [9.17, 15) is 9.59 Å². The predicted molar refractivity (Wildman–Crippen MR) is 73.2 cm³/mol. The number of nitrogens with two attached hydrogens (primary N) is 1. The van der Waals surface area contributed by atoms with Gasteiger partial charge in [-0.15, -0.1) is 0 Å². The van der Waals surface area contributed by atoms with Crippen LogP contribution in [0.5, 0.6) is 0 Å². The van der Waals surface area contributed by atoms with E-state index in [0.29, 0.717) is 17.7 Å². The Bertz CT molecular complexity index is 694. The number of nitrogens with zero attached hydrogens (tertiary/aromatic N) is 4. The summed E-state index contributed by atoms with van der Waals surface area (Å²) in [5.41, 5.74) is 5.74. The molecule has 7 heteroatoms. The third kappa shape index (κ3) is 2.21. The molecule has 0 aromatic carbocycles. The molecule has 2 rings (SSSR count). The topological polar surface area (TPSA) is 87.8 Å². The Balaban J connectivity index is 2.78. The lowest BCUT2D eigenvalue weighted by Crippen LogP contribution is -2.42. The number of imidazole rings is 1. The molecule has 0 spiro atoms. The van der Waals surface area contributed by atoms with Gasteiger partial charge in [0.1, 0.15) is 0 Å². The monoisotopic (exact) mass is 265 g/mol. The molecule has 0 aliphatic rings. The van der Waals surface area contributed by atoms with E-state index in [1.165, 1.54) is 4.57 Å². The van der Waals surface area contributed by atoms with Crippen molar-refractivity contribution in [3.05, 3.63) is 27.2 Å². The molecule has 0 saturated carbocycles. The molecule has 2 heterocycles. The summed E-state index contributed by atoms with van der Waals surface area (Å²) in [5.74, 6) is 0. The minimum Gasteiger partial charge on any atom is -0.329 e. The van der Waals surface area contributed by atoms with E-state index in [1.807, 2.05) is 0 Å². The molecule has 2 aromatic heterocycles. The lowest BCUT2D eigenvalue weighted by molar-refractivity contribution is 0.551. The molecule has 0 fully saturated rings. The molecule has 0 atom stereocenters. The van der Waals surface area contributed by atoms with E-state index < -0.39 is 0 Å². The van der Waals surface area contributed by atoms with Crippen molar-refractivity contribution in [1.29, 1.82) is 0 Å². The molecule has 0 saturated heterocycles. The number of hydrogen-bond acceptors (Lipinski definition) is 4. The van der Waals surface area contributed by atoms with Crippen LogP contribution in [0.15, 0.2) is 15.9 Å².